The van der Waals surface area contributed by atoms with Gasteiger partial charge < -0.3 is 19.3 Å². The van der Waals surface area contributed by atoms with E-state index in [-0.39, 0.29) is 39.0 Å². The van der Waals surface area contributed by atoms with Gasteiger partial charge in [-0.05, 0) is 51.4 Å². The van der Waals surface area contributed by atoms with Crippen molar-refractivity contribution in [3.8, 4) is 0 Å². The van der Waals surface area contributed by atoms with Gasteiger partial charge in [0, 0.05) is 26.2 Å². The average molecular weight is 616 g/mol. The number of pyridine rings is 2. The molecule has 0 radical (unpaired) electrons. The molecule has 0 aliphatic carbocycles. The van der Waals surface area contributed by atoms with Crippen molar-refractivity contribution in [2.24, 2.45) is 0 Å². The lowest BCUT2D eigenvalue weighted by atomic mass is 10.2. The van der Waals surface area contributed by atoms with Crippen LogP contribution in [0.2, 0.25) is 15.5 Å². The molecule has 208 valence electrons. The summed E-state index contributed by atoms with van der Waals surface area (Å²) >= 11 is 21.8. The molecule has 1 fully saturated rings. The van der Waals surface area contributed by atoms with Crippen molar-refractivity contribution >= 4 is 69.5 Å². The van der Waals surface area contributed by atoms with Crippen molar-refractivity contribution in [3.63, 3.8) is 0 Å². The number of rotatable bonds is 4. The maximum absolute atomic E-state index is 14.4. The smallest absolute Gasteiger partial charge is 0.410 e. The highest BCUT2D eigenvalue weighted by Gasteiger charge is 2.28. The Morgan fingerprint density at radius 2 is 1.47 bits per heavy atom. The Bertz CT molecular complexity index is 1210. The Morgan fingerprint density at radius 3 is 2.00 bits per heavy atom. The number of nitrogens with zero attached hydrogens (tertiary/aromatic N) is 4. The van der Waals surface area contributed by atoms with Gasteiger partial charge in [-0.3, -0.25) is 4.79 Å². The standard InChI is InChI=1S/C17H23ClFN3O4.C6HCl3FNO/c1-5-25-15(23)11-10-12(19)14(20-13(11)18)21-6-8-22(9-7-21)16(24)26-17(2,3)4;7-4-2(6(9)12)1-3(10)5(8)11-4/h10H,5-9H2,1-4H3;1H. The van der Waals surface area contributed by atoms with Crippen LogP contribution in [0.15, 0.2) is 12.1 Å². The van der Waals surface area contributed by atoms with Gasteiger partial charge in [0.1, 0.15) is 21.5 Å². The maximum Gasteiger partial charge on any atom is 0.410 e. The fraction of sp³-hybridized carbons (Fsp3) is 0.435. The molecule has 3 rings (SSSR count). The number of hydrogen-bond acceptors (Lipinski definition) is 8. The summed E-state index contributed by atoms with van der Waals surface area (Å²) in [6.07, 6.45) is -0.402. The van der Waals surface area contributed by atoms with E-state index in [0.717, 1.165) is 12.1 Å². The molecule has 9 nitrogen and oxygen atoms in total. The van der Waals surface area contributed by atoms with Crippen LogP contribution in [0.1, 0.15) is 48.4 Å². The molecular weight excluding hydrogens is 592 g/mol. The predicted octanol–water partition coefficient (Wildman–Crippen LogP) is 6.01. The second-order valence-corrected chi connectivity index (χ2v) is 10.1. The summed E-state index contributed by atoms with van der Waals surface area (Å²) in [5, 5.41) is -1.58. The van der Waals surface area contributed by atoms with Crippen molar-refractivity contribution in [2.75, 3.05) is 37.7 Å². The van der Waals surface area contributed by atoms with Crippen LogP contribution >= 0.6 is 46.4 Å². The number of halogens is 6. The van der Waals surface area contributed by atoms with Crippen LogP contribution in [0, 0.1) is 11.6 Å². The minimum Gasteiger partial charge on any atom is -0.462 e. The van der Waals surface area contributed by atoms with Crippen LogP contribution in [0.5, 0.6) is 0 Å². The molecule has 2 aromatic rings. The second kappa shape index (κ2) is 13.5. The van der Waals surface area contributed by atoms with Crippen molar-refractivity contribution in [2.45, 2.75) is 33.3 Å². The van der Waals surface area contributed by atoms with E-state index in [1.54, 1.807) is 37.5 Å². The Labute approximate surface area is 237 Å². The largest absolute Gasteiger partial charge is 0.462 e. The molecule has 0 atom stereocenters. The van der Waals surface area contributed by atoms with Gasteiger partial charge in [-0.25, -0.2) is 28.3 Å². The third-order valence-corrected chi connectivity index (χ3v) is 5.78. The topological polar surface area (TPSA) is 102 Å². The van der Waals surface area contributed by atoms with E-state index in [9.17, 15) is 23.2 Å². The van der Waals surface area contributed by atoms with Gasteiger partial charge in [0.25, 0.3) is 5.24 Å². The molecule has 15 heteroatoms. The van der Waals surface area contributed by atoms with Gasteiger partial charge in [0.05, 0.1) is 12.2 Å². The van der Waals surface area contributed by atoms with E-state index >= 15 is 0 Å². The van der Waals surface area contributed by atoms with Crippen molar-refractivity contribution in [1.82, 2.24) is 14.9 Å². The van der Waals surface area contributed by atoms with Crippen molar-refractivity contribution in [1.29, 1.82) is 0 Å². The summed E-state index contributed by atoms with van der Waals surface area (Å²) in [7, 11) is 0. The Morgan fingerprint density at radius 1 is 0.921 bits per heavy atom. The van der Waals surface area contributed by atoms with Gasteiger partial charge in [-0.2, -0.15) is 0 Å². The number of amides is 1. The predicted molar refractivity (Wildman–Crippen MR) is 140 cm³/mol. The van der Waals surface area contributed by atoms with Crippen LogP contribution in [0.3, 0.4) is 0 Å². The molecule has 0 aromatic carbocycles. The minimum absolute atomic E-state index is 0.0480. The van der Waals surface area contributed by atoms with Gasteiger partial charge in [0.15, 0.2) is 22.6 Å². The first-order valence-electron chi connectivity index (χ1n) is 11.1. The Hall–Kier alpha value is -2.47. The summed E-state index contributed by atoms with van der Waals surface area (Å²) < 4.78 is 37.2. The van der Waals surface area contributed by atoms with Crippen LogP contribution in [-0.2, 0) is 9.47 Å². The van der Waals surface area contributed by atoms with Gasteiger partial charge >= 0.3 is 12.1 Å². The fourth-order valence-corrected chi connectivity index (χ4v) is 3.85. The van der Waals surface area contributed by atoms with Crippen LogP contribution in [0.4, 0.5) is 19.4 Å². The molecule has 1 amide bonds. The lowest BCUT2D eigenvalue weighted by Crippen LogP contribution is -2.50. The third kappa shape index (κ3) is 8.79. The number of aromatic nitrogens is 2. The third-order valence-electron chi connectivity index (χ3n) is 4.74. The first-order valence-corrected chi connectivity index (χ1v) is 12.6. The molecule has 0 spiro atoms. The number of hydrogen-bond donors (Lipinski definition) is 0. The van der Waals surface area contributed by atoms with E-state index in [1.807, 2.05) is 0 Å². The number of carbonyl (C=O) groups excluding carboxylic acids is 3. The molecule has 0 saturated carbocycles. The number of piperazine rings is 1. The van der Waals surface area contributed by atoms with Gasteiger partial charge in [-0.1, -0.05) is 34.8 Å². The van der Waals surface area contributed by atoms with Crippen LogP contribution < -0.4 is 4.90 Å². The Kier molecular flexibility index (Phi) is 11.3. The average Bonchev–Trinajstić information content (AvgIpc) is 2.82. The highest BCUT2D eigenvalue weighted by atomic mass is 35.5. The molecule has 1 aliphatic rings. The molecule has 0 bridgehead atoms. The number of ether oxygens (including phenoxy) is 2. The number of carbonyl (C=O) groups is 3. The highest BCUT2D eigenvalue weighted by molar-refractivity contribution is 6.68. The second-order valence-electron chi connectivity index (χ2n) is 8.68. The number of esters is 1. The van der Waals surface area contributed by atoms with Crippen molar-refractivity contribution < 1.29 is 32.6 Å². The van der Waals surface area contributed by atoms with E-state index in [1.165, 1.54) is 0 Å². The molecule has 3 heterocycles. The molecule has 2 aromatic heterocycles. The maximum atomic E-state index is 14.4. The fourth-order valence-electron chi connectivity index (χ4n) is 3.04. The van der Waals surface area contributed by atoms with E-state index in [4.69, 9.17) is 55.9 Å². The first kappa shape index (κ1) is 31.7. The zero-order chi connectivity index (χ0) is 28.8. The van der Waals surface area contributed by atoms with Crippen LogP contribution in [-0.4, -0.2) is 70.6 Å². The molecule has 0 N–H and O–H groups in total. The zero-order valence-electron chi connectivity index (χ0n) is 20.8. The monoisotopic (exact) mass is 614 g/mol. The lowest BCUT2D eigenvalue weighted by molar-refractivity contribution is 0.0239. The lowest BCUT2D eigenvalue weighted by Gasteiger charge is -2.36. The van der Waals surface area contributed by atoms with Crippen LogP contribution in [0.25, 0.3) is 0 Å². The molecule has 1 saturated heterocycles. The molecule has 0 unspecified atom stereocenters. The number of anilines is 1. The highest BCUT2D eigenvalue weighted by Crippen LogP contribution is 2.25. The molecule has 1 aliphatic heterocycles. The summed E-state index contributed by atoms with van der Waals surface area (Å²) in [5.41, 5.74) is -0.874. The normalized spacial score (nSPS) is 13.4. The summed E-state index contributed by atoms with van der Waals surface area (Å²) in [6.45, 7) is 8.69. The quantitative estimate of drug-likeness (QED) is 0.234. The SMILES string of the molecule is CCOC(=O)c1cc(F)c(N2CCN(C(=O)OC(C)(C)C)CC2)nc1Cl.O=C(Cl)c1cc(F)c(Cl)nc1Cl. The first-order chi connectivity index (χ1) is 17.6. The Balaban J connectivity index is 0.000000352. The van der Waals surface area contributed by atoms with E-state index in [2.05, 4.69) is 9.97 Å². The molecular formula is C23H24Cl4F2N4O5. The zero-order valence-corrected chi connectivity index (χ0v) is 23.8. The van der Waals surface area contributed by atoms with E-state index < -0.39 is 34.5 Å². The van der Waals surface area contributed by atoms with Crippen molar-refractivity contribution in [3.05, 3.63) is 50.4 Å². The van der Waals surface area contributed by atoms with Gasteiger partial charge in [-0.15, -0.1) is 0 Å². The van der Waals surface area contributed by atoms with E-state index in [0.29, 0.717) is 26.2 Å². The summed E-state index contributed by atoms with van der Waals surface area (Å²) in [6, 6.07) is 1.87. The minimum atomic E-state index is -0.872. The molecule has 38 heavy (non-hydrogen) atoms. The summed E-state index contributed by atoms with van der Waals surface area (Å²) in [4.78, 5) is 45.0. The van der Waals surface area contributed by atoms with Gasteiger partial charge in [0.2, 0.25) is 0 Å². The summed E-state index contributed by atoms with van der Waals surface area (Å²) in [5.74, 6) is -2.16.